The highest BCUT2D eigenvalue weighted by atomic mass is 16.7. The number of anilines is 1. The van der Waals surface area contributed by atoms with Crippen LogP contribution in [0.15, 0.2) is 78.1 Å². The number of aromatic nitrogens is 1. The predicted octanol–water partition coefficient (Wildman–Crippen LogP) is 3.28. The van der Waals surface area contributed by atoms with E-state index in [1.54, 1.807) is 6.07 Å². The smallest absolute Gasteiger partial charge is 0.251 e. The van der Waals surface area contributed by atoms with Crippen molar-refractivity contribution in [2.24, 2.45) is 5.16 Å². The number of carbonyl (C=O) groups excluding carboxylic acids is 1. The van der Waals surface area contributed by atoms with Gasteiger partial charge in [0.15, 0.2) is 6.10 Å². The molecule has 0 fully saturated rings. The summed E-state index contributed by atoms with van der Waals surface area (Å²) in [5, 5.41) is 6.90. The first kappa shape index (κ1) is 19.4. The molecule has 0 bridgehead atoms. The second-order valence-electron chi connectivity index (χ2n) is 6.91. The van der Waals surface area contributed by atoms with Gasteiger partial charge in [0.2, 0.25) is 0 Å². The van der Waals surface area contributed by atoms with E-state index in [-0.39, 0.29) is 12.0 Å². The molecule has 0 saturated carbocycles. The number of pyridine rings is 1. The van der Waals surface area contributed by atoms with Gasteiger partial charge in [0, 0.05) is 23.7 Å². The molecule has 1 aliphatic heterocycles. The van der Waals surface area contributed by atoms with Gasteiger partial charge in [-0.2, -0.15) is 0 Å². The highest BCUT2D eigenvalue weighted by Crippen LogP contribution is 2.30. The molecule has 1 aliphatic rings. The van der Waals surface area contributed by atoms with Gasteiger partial charge in [-0.1, -0.05) is 53.7 Å². The van der Waals surface area contributed by atoms with Crippen LogP contribution in [0.4, 0.5) is 5.82 Å². The van der Waals surface area contributed by atoms with Gasteiger partial charge in [0.05, 0.1) is 12.3 Å². The molecule has 7 heteroatoms. The Hall–Kier alpha value is -3.87. The van der Waals surface area contributed by atoms with Crippen LogP contribution in [0.5, 0.6) is 5.75 Å². The summed E-state index contributed by atoms with van der Waals surface area (Å²) in [6.07, 6.45) is 1.89. The lowest BCUT2D eigenvalue weighted by molar-refractivity contribution is 0.0472. The third-order valence-electron chi connectivity index (χ3n) is 4.69. The molecule has 4 rings (SSSR count). The number of nitrogens with two attached hydrogens (primary N) is 1. The molecule has 30 heavy (non-hydrogen) atoms. The number of nitrogens with one attached hydrogen (secondary N) is 1. The van der Waals surface area contributed by atoms with Gasteiger partial charge in [0.1, 0.15) is 18.2 Å². The Kier molecular flexibility index (Phi) is 5.89. The van der Waals surface area contributed by atoms with Crippen LogP contribution in [0.2, 0.25) is 0 Å². The summed E-state index contributed by atoms with van der Waals surface area (Å²) in [6.45, 7) is 0.670. The third kappa shape index (κ3) is 4.75. The molecule has 2 aromatic carbocycles. The van der Waals surface area contributed by atoms with Crippen LogP contribution < -0.4 is 15.8 Å². The average molecular weight is 402 g/mol. The fraction of sp³-hybridized carbons (Fsp3) is 0.174. The summed E-state index contributed by atoms with van der Waals surface area (Å²) in [4.78, 5) is 21.6. The van der Waals surface area contributed by atoms with E-state index in [9.17, 15) is 4.79 Å². The zero-order valence-corrected chi connectivity index (χ0v) is 16.3. The van der Waals surface area contributed by atoms with Crippen LogP contribution in [-0.4, -0.2) is 35.9 Å². The maximum atomic E-state index is 12.2. The number of hydrogen-bond donors (Lipinski definition) is 2. The van der Waals surface area contributed by atoms with Crippen molar-refractivity contribution in [3.8, 4) is 16.9 Å². The van der Waals surface area contributed by atoms with Crippen LogP contribution in [0, 0.1) is 0 Å². The molecular formula is C23H22N4O3. The molecule has 7 nitrogen and oxygen atoms in total. The summed E-state index contributed by atoms with van der Waals surface area (Å²) < 4.78 is 6.03. The first-order valence-corrected chi connectivity index (χ1v) is 9.67. The molecule has 0 aliphatic carbocycles. The topological polar surface area (TPSA) is 98.8 Å². The Morgan fingerprint density at radius 3 is 2.77 bits per heavy atom. The largest absolute Gasteiger partial charge is 0.489 e. The van der Waals surface area contributed by atoms with Gasteiger partial charge < -0.3 is 20.6 Å². The molecular weight excluding hydrogens is 380 g/mol. The van der Waals surface area contributed by atoms with Crippen molar-refractivity contribution in [1.82, 2.24) is 10.3 Å². The normalized spacial score (nSPS) is 15.2. The minimum absolute atomic E-state index is 0.197. The molecule has 3 N–H and O–H groups in total. The lowest BCUT2D eigenvalue weighted by Gasteiger charge is -2.14. The quantitative estimate of drug-likeness (QED) is 0.632. The highest BCUT2D eigenvalue weighted by Gasteiger charge is 2.22. The molecule has 2 heterocycles. The number of ether oxygens (including phenoxy) is 1. The van der Waals surface area contributed by atoms with E-state index in [2.05, 4.69) is 27.6 Å². The molecule has 1 amide bonds. The molecule has 1 aromatic heterocycles. The van der Waals surface area contributed by atoms with Crippen molar-refractivity contribution in [1.29, 1.82) is 0 Å². The summed E-state index contributed by atoms with van der Waals surface area (Å²) in [5.41, 5.74) is 8.95. The number of nitrogens with zero attached hydrogens (tertiary/aromatic N) is 2. The molecule has 3 aromatic rings. The lowest BCUT2D eigenvalue weighted by atomic mass is 10.0. The lowest BCUT2D eigenvalue weighted by Crippen LogP contribution is -2.30. The van der Waals surface area contributed by atoms with E-state index in [4.69, 9.17) is 15.3 Å². The molecule has 1 unspecified atom stereocenters. The number of benzene rings is 2. The molecule has 0 spiro atoms. The van der Waals surface area contributed by atoms with Crippen LogP contribution >= 0.6 is 0 Å². The molecule has 0 saturated heterocycles. The van der Waals surface area contributed by atoms with E-state index in [1.165, 1.54) is 12.3 Å². The second-order valence-corrected chi connectivity index (χ2v) is 6.91. The zero-order valence-electron chi connectivity index (χ0n) is 16.3. The summed E-state index contributed by atoms with van der Waals surface area (Å²) in [7, 11) is 0. The fourth-order valence-corrected chi connectivity index (χ4v) is 3.19. The SMILES string of the molecule is Nc1cc(C(=O)NCC2=NOC(COc3ccccc3-c3ccccc3)C2)ccn1. The monoisotopic (exact) mass is 402 g/mol. The van der Waals surface area contributed by atoms with Gasteiger partial charge in [0.25, 0.3) is 5.91 Å². The van der Waals surface area contributed by atoms with E-state index in [0.29, 0.717) is 31.0 Å². The second kappa shape index (κ2) is 9.09. The highest BCUT2D eigenvalue weighted by molar-refractivity contribution is 5.98. The standard InChI is InChI=1S/C23H22N4O3/c24-22-12-17(10-11-25-22)23(28)26-14-18-13-19(30-27-18)15-29-21-9-5-4-8-20(21)16-6-2-1-3-7-16/h1-12,19H,13-15H2,(H2,24,25)(H,26,28). The summed E-state index contributed by atoms with van der Waals surface area (Å²) >= 11 is 0. The Morgan fingerprint density at radius 1 is 1.13 bits per heavy atom. The Bertz CT molecular complexity index is 1050. The van der Waals surface area contributed by atoms with Crippen LogP contribution in [0.3, 0.4) is 0 Å². The van der Waals surface area contributed by atoms with E-state index >= 15 is 0 Å². The number of para-hydroxylation sites is 1. The number of amides is 1. The number of nitrogen functional groups attached to an aromatic ring is 1. The Labute approximate surface area is 174 Å². The molecule has 1 atom stereocenters. The number of oxime groups is 1. The first-order chi connectivity index (χ1) is 14.7. The number of rotatable bonds is 7. The van der Waals surface area contributed by atoms with Crippen LogP contribution in [0.1, 0.15) is 16.8 Å². The van der Waals surface area contributed by atoms with Crippen molar-refractivity contribution in [3.05, 3.63) is 78.5 Å². The van der Waals surface area contributed by atoms with Crippen molar-refractivity contribution in [2.45, 2.75) is 12.5 Å². The van der Waals surface area contributed by atoms with Crippen molar-refractivity contribution in [2.75, 3.05) is 18.9 Å². The maximum absolute atomic E-state index is 12.2. The van der Waals surface area contributed by atoms with Crippen molar-refractivity contribution >= 4 is 17.4 Å². The Morgan fingerprint density at radius 2 is 1.93 bits per heavy atom. The fourth-order valence-electron chi connectivity index (χ4n) is 3.19. The molecule has 0 radical (unpaired) electrons. The minimum atomic E-state index is -0.233. The van der Waals surface area contributed by atoms with E-state index < -0.39 is 0 Å². The zero-order chi connectivity index (χ0) is 20.8. The van der Waals surface area contributed by atoms with Gasteiger partial charge >= 0.3 is 0 Å². The van der Waals surface area contributed by atoms with E-state index in [0.717, 1.165) is 22.6 Å². The first-order valence-electron chi connectivity index (χ1n) is 9.67. The Balaban J connectivity index is 1.28. The predicted molar refractivity (Wildman–Crippen MR) is 115 cm³/mol. The van der Waals surface area contributed by atoms with Gasteiger partial charge in [-0.25, -0.2) is 4.98 Å². The third-order valence-corrected chi connectivity index (χ3v) is 4.69. The number of hydrogen-bond acceptors (Lipinski definition) is 6. The van der Waals surface area contributed by atoms with Gasteiger partial charge in [-0.15, -0.1) is 0 Å². The number of carbonyl (C=O) groups is 1. The van der Waals surface area contributed by atoms with Crippen LogP contribution in [0.25, 0.3) is 11.1 Å². The van der Waals surface area contributed by atoms with Crippen molar-refractivity contribution in [3.63, 3.8) is 0 Å². The minimum Gasteiger partial charge on any atom is -0.489 e. The van der Waals surface area contributed by atoms with Crippen LogP contribution in [-0.2, 0) is 4.84 Å². The van der Waals surface area contributed by atoms with E-state index in [1.807, 2.05) is 42.5 Å². The van der Waals surface area contributed by atoms with Crippen molar-refractivity contribution < 1.29 is 14.4 Å². The molecule has 152 valence electrons. The average Bonchev–Trinajstić information content (AvgIpc) is 3.25. The maximum Gasteiger partial charge on any atom is 0.251 e. The van der Waals surface area contributed by atoms with Gasteiger partial charge in [-0.3, -0.25) is 4.79 Å². The van der Waals surface area contributed by atoms with Gasteiger partial charge in [-0.05, 0) is 23.8 Å². The summed E-state index contributed by atoms with van der Waals surface area (Å²) in [5.74, 6) is 0.866. The summed E-state index contributed by atoms with van der Waals surface area (Å²) in [6, 6.07) is 21.1.